The maximum atomic E-state index is 5.31. The molecule has 54 heavy (non-hydrogen) atoms. The highest BCUT2D eigenvalue weighted by Gasteiger charge is 2.22. The van der Waals surface area contributed by atoms with Crippen molar-refractivity contribution in [2.75, 3.05) is 0 Å². The minimum atomic E-state index is -0.120. The van der Waals surface area contributed by atoms with Crippen LogP contribution in [0.2, 0.25) is 0 Å². The van der Waals surface area contributed by atoms with Crippen molar-refractivity contribution in [3.05, 3.63) is 187 Å². The summed E-state index contributed by atoms with van der Waals surface area (Å²) < 4.78 is 0. The predicted octanol–water partition coefficient (Wildman–Crippen LogP) is 13.4. The summed E-state index contributed by atoms with van der Waals surface area (Å²) in [6, 6.07) is 55.8. The summed E-state index contributed by atoms with van der Waals surface area (Å²) in [5.74, 6) is 0. The average molecular weight is 696 g/mol. The van der Waals surface area contributed by atoms with Gasteiger partial charge in [0.05, 0.1) is 28.1 Å². The number of rotatable bonds is 6. The van der Waals surface area contributed by atoms with Gasteiger partial charge in [0.15, 0.2) is 0 Å². The van der Waals surface area contributed by atoms with Crippen molar-refractivity contribution in [2.24, 2.45) is 0 Å². The second-order valence-corrected chi connectivity index (χ2v) is 15.2. The zero-order chi connectivity index (χ0) is 36.6. The number of nitrogens with zero attached hydrogens (tertiary/aromatic N) is 3. The summed E-state index contributed by atoms with van der Waals surface area (Å²) >= 11 is 0. The summed E-state index contributed by atoms with van der Waals surface area (Å²) in [5, 5.41) is 2.25. The minimum absolute atomic E-state index is 0.120. The smallest absolute Gasteiger partial charge is 0.0974 e. The molecule has 260 valence electrons. The van der Waals surface area contributed by atoms with Gasteiger partial charge in [-0.3, -0.25) is 0 Å². The molecule has 3 heterocycles. The standard InChI is InChI=1S/C51H41N3/c1-51(2,3)48-33-44(43-28-26-39-27-29-45(37-16-9-5-10-17-37)53-49(39)50(43)54-48)36-24-22-35(23-25-36)40-20-13-21-41(30-40)47-32-42(34-14-7-4-8-15-34)31-46(52-47)38-18-11-6-12-19-38/h4-22,24,26-33H,23,25H2,1-3H3. The molecule has 0 saturated heterocycles. The van der Waals surface area contributed by atoms with Crippen LogP contribution in [-0.2, 0) is 5.41 Å². The van der Waals surface area contributed by atoms with Crippen LogP contribution >= 0.6 is 0 Å². The molecule has 3 heteroatoms. The Bertz CT molecular complexity index is 2660. The van der Waals surface area contributed by atoms with Gasteiger partial charge in [-0.25, -0.2) is 15.0 Å². The molecule has 3 aromatic heterocycles. The first-order valence-electron chi connectivity index (χ1n) is 18.8. The molecule has 0 atom stereocenters. The van der Waals surface area contributed by atoms with E-state index in [-0.39, 0.29) is 5.41 Å². The van der Waals surface area contributed by atoms with E-state index in [9.17, 15) is 0 Å². The van der Waals surface area contributed by atoms with E-state index in [4.69, 9.17) is 15.0 Å². The first kappa shape index (κ1) is 33.4. The molecule has 0 radical (unpaired) electrons. The fourth-order valence-electron chi connectivity index (χ4n) is 7.50. The Morgan fingerprint density at radius 2 is 0.981 bits per heavy atom. The maximum absolute atomic E-state index is 5.31. The third-order valence-corrected chi connectivity index (χ3v) is 10.5. The summed E-state index contributed by atoms with van der Waals surface area (Å²) in [6.45, 7) is 6.73. The Morgan fingerprint density at radius 3 is 1.65 bits per heavy atom. The van der Waals surface area contributed by atoms with E-state index in [2.05, 4.69) is 179 Å². The number of allylic oxidation sites excluding steroid dienone is 4. The lowest BCUT2D eigenvalue weighted by molar-refractivity contribution is 0.571. The molecule has 0 unspecified atom stereocenters. The largest absolute Gasteiger partial charge is 0.250 e. The van der Waals surface area contributed by atoms with Gasteiger partial charge in [0.2, 0.25) is 0 Å². The highest BCUT2D eigenvalue weighted by atomic mass is 14.8. The van der Waals surface area contributed by atoms with Crippen molar-refractivity contribution in [1.29, 1.82) is 0 Å². The lowest BCUT2D eigenvalue weighted by Gasteiger charge is -2.23. The molecular weight excluding hydrogens is 655 g/mol. The van der Waals surface area contributed by atoms with Gasteiger partial charge in [-0.2, -0.15) is 0 Å². The van der Waals surface area contributed by atoms with E-state index in [1.807, 2.05) is 12.1 Å². The van der Waals surface area contributed by atoms with Gasteiger partial charge in [-0.1, -0.05) is 160 Å². The van der Waals surface area contributed by atoms with Gasteiger partial charge < -0.3 is 0 Å². The van der Waals surface area contributed by atoms with Crippen LogP contribution in [0.3, 0.4) is 0 Å². The second-order valence-electron chi connectivity index (χ2n) is 15.2. The van der Waals surface area contributed by atoms with Crippen molar-refractivity contribution in [3.63, 3.8) is 0 Å². The molecule has 0 N–H and O–H groups in total. The van der Waals surface area contributed by atoms with Crippen molar-refractivity contribution in [3.8, 4) is 44.9 Å². The highest BCUT2D eigenvalue weighted by molar-refractivity contribution is 6.07. The fourth-order valence-corrected chi connectivity index (χ4v) is 7.50. The number of benzene rings is 5. The van der Waals surface area contributed by atoms with Crippen LogP contribution in [0.1, 0.15) is 50.4 Å². The van der Waals surface area contributed by atoms with E-state index in [0.717, 1.165) is 79.7 Å². The number of hydrogen-bond acceptors (Lipinski definition) is 3. The quantitative estimate of drug-likeness (QED) is 0.163. The zero-order valence-electron chi connectivity index (χ0n) is 30.9. The molecule has 0 amide bonds. The lowest BCUT2D eigenvalue weighted by Crippen LogP contribution is -2.14. The molecule has 0 saturated carbocycles. The van der Waals surface area contributed by atoms with Crippen LogP contribution in [0.15, 0.2) is 170 Å². The van der Waals surface area contributed by atoms with Crippen LogP contribution < -0.4 is 0 Å². The van der Waals surface area contributed by atoms with Gasteiger partial charge in [0, 0.05) is 38.6 Å². The molecule has 5 aromatic carbocycles. The van der Waals surface area contributed by atoms with Gasteiger partial charge in [0.1, 0.15) is 0 Å². The van der Waals surface area contributed by atoms with Crippen molar-refractivity contribution in [1.82, 2.24) is 15.0 Å². The molecule has 0 spiro atoms. The maximum Gasteiger partial charge on any atom is 0.0974 e. The van der Waals surface area contributed by atoms with Gasteiger partial charge in [-0.15, -0.1) is 0 Å². The fraction of sp³-hybridized carbons (Fsp3) is 0.118. The highest BCUT2D eigenvalue weighted by Crippen LogP contribution is 2.39. The molecule has 8 aromatic rings. The zero-order valence-corrected chi connectivity index (χ0v) is 30.9. The Kier molecular flexibility index (Phi) is 8.56. The van der Waals surface area contributed by atoms with E-state index in [1.54, 1.807) is 0 Å². The molecule has 0 bridgehead atoms. The van der Waals surface area contributed by atoms with E-state index in [0.29, 0.717) is 0 Å². The Balaban J connectivity index is 1.11. The SMILES string of the molecule is CC(C)(C)c1cc(C2=CC=C(c3cccc(-c4cc(-c5ccccc5)cc(-c5ccccc5)n4)c3)CC2)c2ccc3ccc(-c4ccccc4)nc3c2n1. The third-order valence-electron chi connectivity index (χ3n) is 10.5. The van der Waals surface area contributed by atoms with Gasteiger partial charge >= 0.3 is 0 Å². The Hall–Kier alpha value is -6.45. The van der Waals surface area contributed by atoms with Crippen LogP contribution in [0.5, 0.6) is 0 Å². The number of hydrogen-bond donors (Lipinski definition) is 0. The molecule has 9 rings (SSSR count). The van der Waals surface area contributed by atoms with Crippen molar-refractivity contribution >= 4 is 33.0 Å². The van der Waals surface area contributed by atoms with Gasteiger partial charge in [0.25, 0.3) is 0 Å². The van der Waals surface area contributed by atoms with Crippen LogP contribution in [0.25, 0.3) is 77.9 Å². The van der Waals surface area contributed by atoms with Crippen LogP contribution in [0, 0.1) is 0 Å². The third kappa shape index (κ3) is 6.54. The number of pyridine rings is 3. The second kappa shape index (κ2) is 13.8. The first-order valence-corrected chi connectivity index (χ1v) is 18.8. The summed E-state index contributed by atoms with van der Waals surface area (Å²) in [7, 11) is 0. The molecule has 1 aliphatic carbocycles. The van der Waals surface area contributed by atoms with Crippen LogP contribution in [-0.4, -0.2) is 15.0 Å². The summed E-state index contributed by atoms with van der Waals surface area (Å²) in [6.07, 6.45) is 6.53. The van der Waals surface area contributed by atoms with Gasteiger partial charge in [-0.05, 0) is 76.6 Å². The van der Waals surface area contributed by atoms with E-state index in [1.165, 1.54) is 27.8 Å². The van der Waals surface area contributed by atoms with E-state index < -0.39 is 0 Å². The number of aromatic nitrogens is 3. The molecular formula is C51H41N3. The lowest BCUT2D eigenvalue weighted by atomic mass is 9.85. The Morgan fingerprint density at radius 1 is 0.407 bits per heavy atom. The summed E-state index contributed by atoms with van der Waals surface area (Å²) in [5.41, 5.74) is 16.6. The number of fused-ring (bicyclic) bond motifs is 3. The normalized spacial score (nSPS) is 13.2. The topological polar surface area (TPSA) is 38.7 Å². The van der Waals surface area contributed by atoms with Crippen molar-refractivity contribution < 1.29 is 0 Å². The molecule has 1 aliphatic rings. The molecule has 3 nitrogen and oxygen atoms in total. The Labute approximate surface area is 317 Å². The monoisotopic (exact) mass is 695 g/mol. The van der Waals surface area contributed by atoms with E-state index >= 15 is 0 Å². The molecule has 0 aliphatic heterocycles. The average Bonchev–Trinajstić information content (AvgIpc) is 3.23. The van der Waals surface area contributed by atoms with Crippen molar-refractivity contribution in [2.45, 2.75) is 39.0 Å². The molecule has 0 fully saturated rings. The summed E-state index contributed by atoms with van der Waals surface area (Å²) in [4.78, 5) is 15.7. The minimum Gasteiger partial charge on any atom is -0.250 e. The van der Waals surface area contributed by atoms with Crippen LogP contribution in [0.4, 0.5) is 0 Å². The predicted molar refractivity (Wildman–Crippen MR) is 227 cm³/mol. The first-order chi connectivity index (χ1) is 26.4.